The van der Waals surface area contributed by atoms with Gasteiger partial charge in [-0.1, -0.05) is 0 Å². The van der Waals surface area contributed by atoms with Gasteiger partial charge in [0.1, 0.15) is 17.1 Å². The van der Waals surface area contributed by atoms with Gasteiger partial charge in [-0.25, -0.2) is 22.5 Å². The summed E-state index contributed by atoms with van der Waals surface area (Å²) < 4.78 is 62.4. The maximum Gasteiger partial charge on any atom is 0.282 e. The zero-order valence-electron chi connectivity index (χ0n) is 19.4. The van der Waals surface area contributed by atoms with Crippen LogP contribution in [0.4, 0.5) is 8.78 Å². The predicted octanol–water partition coefficient (Wildman–Crippen LogP) is 2.25. The van der Waals surface area contributed by atoms with E-state index in [2.05, 4.69) is 9.97 Å². The maximum absolute atomic E-state index is 15.1. The van der Waals surface area contributed by atoms with E-state index in [9.17, 15) is 27.2 Å². The van der Waals surface area contributed by atoms with Crippen LogP contribution < -0.4 is 16.0 Å². The lowest BCUT2D eigenvalue weighted by Gasteiger charge is -2.13. The van der Waals surface area contributed by atoms with Gasteiger partial charge in [0, 0.05) is 23.5 Å². The largest absolute Gasteiger partial charge is 0.463 e. The van der Waals surface area contributed by atoms with E-state index >= 15 is 4.39 Å². The number of aromatic amines is 1. The molecule has 0 atom stereocenters. The van der Waals surface area contributed by atoms with Crippen LogP contribution in [-0.4, -0.2) is 41.0 Å². The van der Waals surface area contributed by atoms with Crippen molar-refractivity contribution in [3.63, 3.8) is 0 Å². The zero-order chi connectivity index (χ0) is 27.4. The van der Waals surface area contributed by atoms with Crippen molar-refractivity contribution in [1.29, 1.82) is 0 Å². The number of aromatic nitrogens is 3. The molecule has 5 aromatic rings. The van der Waals surface area contributed by atoms with Crippen molar-refractivity contribution in [1.82, 2.24) is 19.3 Å². The fourth-order valence-electron chi connectivity index (χ4n) is 4.31. The lowest BCUT2D eigenvalue weighted by molar-refractivity contribution is 0.0971. The van der Waals surface area contributed by atoms with Crippen molar-refractivity contribution in [2.75, 3.05) is 6.26 Å². The third-order valence-electron chi connectivity index (χ3n) is 5.82. The van der Waals surface area contributed by atoms with Crippen molar-refractivity contribution < 1.29 is 31.2 Å². The van der Waals surface area contributed by atoms with E-state index in [0.29, 0.717) is 0 Å². The highest BCUT2D eigenvalue weighted by Crippen LogP contribution is 2.40. The molecule has 0 fully saturated rings. The van der Waals surface area contributed by atoms with E-state index in [1.165, 1.54) is 30.7 Å². The fourth-order valence-corrected chi connectivity index (χ4v) is 4.75. The fraction of sp³-hybridized carbons (Fsp3) is 0.0833. The summed E-state index contributed by atoms with van der Waals surface area (Å²) in [6.07, 6.45) is 4.23. The van der Waals surface area contributed by atoms with Crippen LogP contribution in [-0.2, 0) is 16.6 Å². The Morgan fingerprint density at radius 1 is 1.24 bits per heavy atom. The predicted molar refractivity (Wildman–Crippen MR) is 132 cm³/mol. The molecule has 4 heterocycles. The second-order valence-electron chi connectivity index (χ2n) is 8.38. The van der Waals surface area contributed by atoms with Gasteiger partial charge >= 0.3 is 0 Å². The van der Waals surface area contributed by atoms with Gasteiger partial charge in [-0.15, -0.1) is 0 Å². The summed E-state index contributed by atoms with van der Waals surface area (Å²) in [4.78, 5) is 44.0. The van der Waals surface area contributed by atoms with Crippen LogP contribution >= 0.6 is 0 Å². The maximum atomic E-state index is 15.1. The van der Waals surface area contributed by atoms with E-state index in [1.807, 2.05) is 4.72 Å². The van der Waals surface area contributed by atoms with Gasteiger partial charge in [-0.3, -0.25) is 14.4 Å². The number of furan rings is 1. The Bertz CT molecular complexity index is 1960. The van der Waals surface area contributed by atoms with E-state index in [1.54, 1.807) is 0 Å². The topological polar surface area (TPSA) is 170 Å². The van der Waals surface area contributed by atoms with Gasteiger partial charge in [0.2, 0.25) is 21.9 Å². The van der Waals surface area contributed by atoms with Crippen LogP contribution in [0.1, 0.15) is 26.4 Å². The molecule has 4 N–H and O–H groups in total. The van der Waals surface area contributed by atoms with Crippen molar-refractivity contribution >= 4 is 43.7 Å². The number of nitrogens with two attached hydrogens (primary N) is 1. The third-order valence-corrected chi connectivity index (χ3v) is 6.38. The molecule has 5 rings (SSSR count). The minimum absolute atomic E-state index is 0.0225. The molecule has 0 radical (unpaired) electrons. The minimum atomic E-state index is -4.12. The summed E-state index contributed by atoms with van der Waals surface area (Å²) in [6, 6.07) is 6.35. The lowest BCUT2D eigenvalue weighted by atomic mass is 10.0. The molecular weight excluding hydrogens is 524 g/mol. The van der Waals surface area contributed by atoms with Crippen LogP contribution in [0.15, 0.2) is 58.2 Å². The second-order valence-corrected chi connectivity index (χ2v) is 10.1. The van der Waals surface area contributed by atoms with Crippen LogP contribution in [0.2, 0.25) is 0 Å². The molecule has 38 heavy (non-hydrogen) atoms. The summed E-state index contributed by atoms with van der Waals surface area (Å²) >= 11 is 0. The van der Waals surface area contributed by atoms with Crippen LogP contribution in [0.25, 0.3) is 33.0 Å². The number of primary amides is 1. The van der Waals surface area contributed by atoms with Crippen molar-refractivity contribution in [3.8, 4) is 11.1 Å². The van der Waals surface area contributed by atoms with Crippen LogP contribution in [0, 0.1) is 11.8 Å². The summed E-state index contributed by atoms with van der Waals surface area (Å²) in [5, 5.41) is 0.128. The Balaban J connectivity index is 1.95. The number of amides is 2. The Kier molecular flexibility index (Phi) is 5.83. The molecular formula is C24H17F2N5O6S. The Labute approximate surface area is 211 Å². The molecule has 0 unspecified atom stereocenters. The first-order valence-corrected chi connectivity index (χ1v) is 12.7. The minimum Gasteiger partial charge on any atom is -0.463 e. The highest BCUT2D eigenvalue weighted by molar-refractivity contribution is 7.89. The van der Waals surface area contributed by atoms with Gasteiger partial charge in [0.15, 0.2) is 0 Å². The monoisotopic (exact) mass is 541 g/mol. The molecule has 2 amide bonds. The smallest absolute Gasteiger partial charge is 0.282 e. The van der Waals surface area contributed by atoms with Gasteiger partial charge in [-0.2, -0.15) is 4.39 Å². The molecule has 0 aliphatic carbocycles. The summed E-state index contributed by atoms with van der Waals surface area (Å²) in [5.41, 5.74) is 3.67. The molecule has 0 aliphatic rings. The molecule has 14 heteroatoms. The number of nitrogens with one attached hydrogen (secondary N) is 2. The molecule has 0 saturated heterocycles. The number of H-pyrrole nitrogens is 1. The molecule has 194 valence electrons. The standard InChI is InChI=1S/C24H17F2N5O6S/c1-38(35,36)30-24(34)19-17(14-3-2-5-28-23(14)33)18-16(8-15(25)13-4-6-37-20(13)18)31(19)10-12-7-11(22(27)32)9-29-21(12)26/h2-9H,10H2,1H3,(H2,27,32)(H,28,33)(H,30,34). The normalized spacial score (nSPS) is 11.8. The quantitative estimate of drug-likeness (QED) is 0.277. The Morgan fingerprint density at radius 3 is 2.68 bits per heavy atom. The van der Waals surface area contributed by atoms with Crippen LogP contribution in [0.5, 0.6) is 0 Å². The first-order chi connectivity index (χ1) is 18.0. The molecule has 1 aromatic carbocycles. The average molecular weight is 541 g/mol. The van der Waals surface area contributed by atoms with Crippen molar-refractivity contribution in [2.45, 2.75) is 6.54 Å². The van der Waals surface area contributed by atoms with Gasteiger partial charge < -0.3 is 19.7 Å². The summed E-state index contributed by atoms with van der Waals surface area (Å²) in [5.74, 6) is -3.86. The highest BCUT2D eigenvalue weighted by atomic mass is 32.2. The van der Waals surface area contributed by atoms with Crippen molar-refractivity contribution in [2.24, 2.45) is 5.73 Å². The molecule has 0 spiro atoms. The number of benzene rings is 1. The lowest BCUT2D eigenvalue weighted by Crippen LogP contribution is -2.32. The number of hydrogen-bond donors (Lipinski definition) is 3. The highest BCUT2D eigenvalue weighted by Gasteiger charge is 2.30. The number of hydrogen-bond acceptors (Lipinski definition) is 7. The van der Waals surface area contributed by atoms with E-state index in [-0.39, 0.29) is 44.1 Å². The number of sulfonamides is 1. The molecule has 4 aromatic heterocycles. The molecule has 0 bridgehead atoms. The Hall–Kier alpha value is -4.85. The number of carbonyl (C=O) groups excluding carboxylic acids is 2. The van der Waals surface area contributed by atoms with Gasteiger partial charge in [0.05, 0.1) is 46.5 Å². The van der Waals surface area contributed by atoms with E-state index in [0.717, 1.165) is 29.2 Å². The van der Waals surface area contributed by atoms with E-state index in [4.69, 9.17) is 10.2 Å². The summed E-state index contributed by atoms with van der Waals surface area (Å²) in [6.45, 7) is -0.528. The third kappa shape index (κ3) is 4.20. The number of halogens is 2. The first-order valence-electron chi connectivity index (χ1n) is 10.8. The van der Waals surface area contributed by atoms with Gasteiger partial charge in [-0.05, 0) is 30.3 Å². The number of rotatable bonds is 6. The van der Waals surface area contributed by atoms with Gasteiger partial charge in [0.25, 0.3) is 11.5 Å². The second kappa shape index (κ2) is 8.92. The number of carbonyl (C=O) groups is 2. The Morgan fingerprint density at radius 2 is 2.00 bits per heavy atom. The SMILES string of the molecule is CS(=O)(=O)NC(=O)c1c(-c2ccc[nH]c2=O)c2c3occc3c(F)cc2n1Cc1cc(C(N)=O)cnc1F. The zero-order valence-corrected chi connectivity index (χ0v) is 20.2. The number of pyridine rings is 2. The molecule has 0 aliphatic heterocycles. The van der Waals surface area contributed by atoms with Crippen molar-refractivity contribution in [3.05, 3.63) is 87.9 Å². The molecule has 0 saturated carbocycles. The first kappa shape index (κ1) is 24.8. The average Bonchev–Trinajstić information content (AvgIpc) is 3.43. The number of fused-ring (bicyclic) bond motifs is 3. The number of nitrogens with zero attached hydrogens (tertiary/aromatic N) is 2. The molecule has 11 nitrogen and oxygen atoms in total. The summed E-state index contributed by atoms with van der Waals surface area (Å²) in [7, 11) is -4.12. The van der Waals surface area contributed by atoms with E-state index < -0.39 is 51.4 Å². The van der Waals surface area contributed by atoms with Crippen LogP contribution in [0.3, 0.4) is 0 Å².